The third kappa shape index (κ3) is 3.74. The number of pyridine rings is 1. The van der Waals surface area contributed by atoms with Crippen molar-refractivity contribution in [3.63, 3.8) is 0 Å². The first kappa shape index (κ1) is 18.0. The van der Waals surface area contributed by atoms with Gasteiger partial charge in [0.1, 0.15) is 0 Å². The van der Waals surface area contributed by atoms with E-state index in [0.717, 1.165) is 27.7 Å². The van der Waals surface area contributed by atoms with E-state index in [9.17, 15) is 15.0 Å². The number of fused-ring (bicyclic) bond motifs is 1. The van der Waals surface area contributed by atoms with E-state index in [1.54, 1.807) is 6.07 Å². The summed E-state index contributed by atoms with van der Waals surface area (Å²) in [6.07, 6.45) is 0. The molecule has 0 unspecified atom stereocenters. The quantitative estimate of drug-likeness (QED) is 0.717. The standard InChI is InChI=1S/C21H22N2O3/c1-15-7-8-19-17(13-15)18(21(26)23(9-11-24)10-12-25)14-20(22-19)16-5-3-2-4-6-16/h2-8,13-14,24-25H,9-12H2,1H3. The molecule has 0 aliphatic rings. The second-order valence-corrected chi connectivity index (χ2v) is 6.18. The van der Waals surface area contributed by atoms with Crippen LogP contribution in [0.25, 0.3) is 22.2 Å². The molecule has 5 nitrogen and oxygen atoms in total. The Kier molecular flexibility index (Phi) is 5.61. The van der Waals surface area contributed by atoms with Crippen molar-refractivity contribution >= 4 is 16.8 Å². The van der Waals surface area contributed by atoms with Crippen molar-refractivity contribution in [2.24, 2.45) is 0 Å². The average molecular weight is 350 g/mol. The monoisotopic (exact) mass is 350 g/mol. The zero-order valence-corrected chi connectivity index (χ0v) is 14.7. The first-order valence-corrected chi connectivity index (χ1v) is 8.62. The van der Waals surface area contributed by atoms with E-state index in [2.05, 4.69) is 0 Å². The average Bonchev–Trinajstić information content (AvgIpc) is 2.67. The highest BCUT2D eigenvalue weighted by Crippen LogP contribution is 2.26. The van der Waals surface area contributed by atoms with Crippen LogP contribution in [0.5, 0.6) is 0 Å². The van der Waals surface area contributed by atoms with Crippen molar-refractivity contribution in [2.45, 2.75) is 6.92 Å². The van der Waals surface area contributed by atoms with E-state index in [1.807, 2.05) is 55.5 Å². The van der Waals surface area contributed by atoms with Gasteiger partial charge in [0, 0.05) is 24.0 Å². The molecule has 2 aromatic carbocycles. The molecule has 26 heavy (non-hydrogen) atoms. The predicted molar refractivity (Wildman–Crippen MR) is 102 cm³/mol. The summed E-state index contributed by atoms with van der Waals surface area (Å²) in [5.74, 6) is -0.219. The van der Waals surface area contributed by atoms with Crippen molar-refractivity contribution in [1.82, 2.24) is 9.88 Å². The van der Waals surface area contributed by atoms with Crippen LogP contribution in [-0.2, 0) is 0 Å². The summed E-state index contributed by atoms with van der Waals surface area (Å²) in [6.45, 7) is 2.02. The molecule has 0 aliphatic carbocycles. The Hall–Kier alpha value is -2.76. The molecule has 0 spiro atoms. The van der Waals surface area contributed by atoms with Gasteiger partial charge in [0.25, 0.3) is 5.91 Å². The lowest BCUT2D eigenvalue weighted by molar-refractivity contribution is 0.0687. The Morgan fingerprint density at radius 2 is 1.69 bits per heavy atom. The molecule has 0 saturated heterocycles. The van der Waals surface area contributed by atoms with Gasteiger partial charge >= 0.3 is 0 Å². The maximum Gasteiger partial charge on any atom is 0.254 e. The lowest BCUT2D eigenvalue weighted by Crippen LogP contribution is -2.36. The SMILES string of the molecule is Cc1ccc2nc(-c3ccccc3)cc(C(=O)N(CCO)CCO)c2c1. The molecule has 0 bridgehead atoms. The van der Waals surface area contributed by atoms with E-state index in [1.165, 1.54) is 4.90 Å². The summed E-state index contributed by atoms with van der Waals surface area (Å²) >= 11 is 0. The van der Waals surface area contributed by atoms with Gasteiger partial charge in [-0.3, -0.25) is 4.79 Å². The third-order valence-electron chi connectivity index (χ3n) is 4.29. The Morgan fingerprint density at radius 3 is 2.35 bits per heavy atom. The lowest BCUT2D eigenvalue weighted by atomic mass is 10.0. The van der Waals surface area contributed by atoms with E-state index in [0.29, 0.717) is 5.56 Å². The van der Waals surface area contributed by atoms with Gasteiger partial charge in [0.05, 0.1) is 30.0 Å². The molecule has 0 atom stereocenters. The zero-order chi connectivity index (χ0) is 18.5. The molecular weight excluding hydrogens is 328 g/mol. The molecule has 0 aliphatic heterocycles. The minimum absolute atomic E-state index is 0.153. The van der Waals surface area contributed by atoms with Crippen LogP contribution in [0.4, 0.5) is 0 Å². The van der Waals surface area contributed by atoms with Crippen molar-refractivity contribution in [3.05, 3.63) is 65.7 Å². The fourth-order valence-corrected chi connectivity index (χ4v) is 3.00. The molecule has 5 heteroatoms. The zero-order valence-electron chi connectivity index (χ0n) is 14.7. The van der Waals surface area contributed by atoms with Gasteiger partial charge in [0.15, 0.2) is 0 Å². The molecular formula is C21H22N2O3. The Balaban J connectivity index is 2.17. The summed E-state index contributed by atoms with van der Waals surface area (Å²) in [5, 5.41) is 19.3. The molecule has 2 N–H and O–H groups in total. The van der Waals surface area contributed by atoms with Crippen LogP contribution in [-0.4, -0.2) is 52.3 Å². The first-order valence-electron chi connectivity index (χ1n) is 8.62. The number of rotatable bonds is 6. The molecule has 1 heterocycles. The summed E-state index contributed by atoms with van der Waals surface area (Å²) in [6, 6.07) is 17.3. The first-order chi connectivity index (χ1) is 12.6. The number of aliphatic hydroxyl groups is 2. The molecule has 1 amide bonds. The van der Waals surface area contributed by atoms with Gasteiger partial charge in [-0.25, -0.2) is 4.98 Å². The molecule has 134 valence electrons. The molecule has 3 aromatic rings. The normalized spacial score (nSPS) is 10.9. The number of aromatic nitrogens is 1. The predicted octanol–water partition coefficient (Wildman–Crippen LogP) is 2.64. The van der Waals surface area contributed by atoms with Gasteiger partial charge in [-0.05, 0) is 25.1 Å². The van der Waals surface area contributed by atoms with Crippen LogP contribution in [0.15, 0.2) is 54.6 Å². The van der Waals surface area contributed by atoms with E-state index in [-0.39, 0.29) is 32.2 Å². The fourth-order valence-electron chi connectivity index (χ4n) is 3.00. The van der Waals surface area contributed by atoms with E-state index >= 15 is 0 Å². The Morgan fingerprint density at radius 1 is 1.00 bits per heavy atom. The highest BCUT2D eigenvalue weighted by atomic mass is 16.3. The van der Waals surface area contributed by atoms with Crippen LogP contribution in [0.1, 0.15) is 15.9 Å². The summed E-state index contributed by atoms with van der Waals surface area (Å²) in [7, 11) is 0. The molecule has 1 aromatic heterocycles. The minimum atomic E-state index is -0.219. The maximum absolute atomic E-state index is 13.1. The molecule has 0 radical (unpaired) electrons. The van der Waals surface area contributed by atoms with Gasteiger partial charge in [-0.2, -0.15) is 0 Å². The Bertz CT molecular complexity index is 904. The van der Waals surface area contributed by atoms with Gasteiger partial charge in [-0.15, -0.1) is 0 Å². The number of hydrogen-bond donors (Lipinski definition) is 2. The van der Waals surface area contributed by atoms with E-state index in [4.69, 9.17) is 4.98 Å². The minimum Gasteiger partial charge on any atom is -0.395 e. The highest BCUT2D eigenvalue weighted by molar-refractivity contribution is 6.07. The van der Waals surface area contributed by atoms with Crippen molar-refractivity contribution in [2.75, 3.05) is 26.3 Å². The molecule has 3 rings (SSSR count). The highest BCUT2D eigenvalue weighted by Gasteiger charge is 2.19. The topological polar surface area (TPSA) is 73.7 Å². The van der Waals surface area contributed by atoms with Crippen molar-refractivity contribution in [3.8, 4) is 11.3 Å². The van der Waals surface area contributed by atoms with Crippen LogP contribution in [0.3, 0.4) is 0 Å². The van der Waals surface area contributed by atoms with Crippen LogP contribution in [0, 0.1) is 6.92 Å². The van der Waals surface area contributed by atoms with Gasteiger partial charge in [0.2, 0.25) is 0 Å². The Labute approximate surface area is 152 Å². The number of amides is 1. The second-order valence-electron chi connectivity index (χ2n) is 6.18. The number of aryl methyl sites for hydroxylation is 1. The van der Waals surface area contributed by atoms with Crippen LogP contribution < -0.4 is 0 Å². The molecule has 0 fully saturated rings. The maximum atomic E-state index is 13.1. The van der Waals surface area contributed by atoms with Crippen LogP contribution >= 0.6 is 0 Å². The molecule has 0 saturated carbocycles. The number of carbonyl (C=O) groups excluding carboxylic acids is 1. The summed E-state index contributed by atoms with van der Waals surface area (Å²) < 4.78 is 0. The number of benzene rings is 2. The largest absolute Gasteiger partial charge is 0.395 e. The van der Waals surface area contributed by atoms with Crippen molar-refractivity contribution in [1.29, 1.82) is 0 Å². The summed E-state index contributed by atoms with van der Waals surface area (Å²) in [4.78, 5) is 19.3. The van der Waals surface area contributed by atoms with Crippen LogP contribution in [0.2, 0.25) is 0 Å². The third-order valence-corrected chi connectivity index (χ3v) is 4.29. The number of hydrogen-bond acceptors (Lipinski definition) is 4. The lowest BCUT2D eigenvalue weighted by Gasteiger charge is -2.22. The smallest absolute Gasteiger partial charge is 0.254 e. The fraction of sp³-hybridized carbons (Fsp3) is 0.238. The number of nitrogens with zero attached hydrogens (tertiary/aromatic N) is 2. The summed E-state index contributed by atoms with van der Waals surface area (Å²) in [5.41, 5.74) is 3.96. The second kappa shape index (κ2) is 8.08. The number of aliphatic hydroxyl groups excluding tert-OH is 2. The van der Waals surface area contributed by atoms with Gasteiger partial charge in [-0.1, -0.05) is 42.0 Å². The van der Waals surface area contributed by atoms with Crippen molar-refractivity contribution < 1.29 is 15.0 Å². The van der Waals surface area contributed by atoms with E-state index < -0.39 is 0 Å². The van der Waals surface area contributed by atoms with Gasteiger partial charge < -0.3 is 15.1 Å². The number of carbonyl (C=O) groups is 1.